The molecule has 0 aromatic heterocycles. The van der Waals surface area contributed by atoms with Gasteiger partial charge in [-0.25, -0.2) is 0 Å². The van der Waals surface area contributed by atoms with Gasteiger partial charge in [-0.05, 0) is 12.5 Å². The maximum atomic E-state index is 8.79. The van der Waals surface area contributed by atoms with Crippen LogP contribution in [0.3, 0.4) is 0 Å². The van der Waals surface area contributed by atoms with Crippen LogP contribution in [0, 0.1) is 0 Å². The summed E-state index contributed by atoms with van der Waals surface area (Å²) in [5, 5.41) is 0.649. The average molecular weight is 208 g/mol. The quantitative estimate of drug-likeness (QED) is 0.594. The molecular weight excluding hydrogens is 197 g/mol. The van der Waals surface area contributed by atoms with Gasteiger partial charge in [-0.15, -0.1) is 0 Å². The molecule has 0 heterocycles. The zero-order valence-corrected chi connectivity index (χ0v) is 8.09. The summed E-state index contributed by atoms with van der Waals surface area (Å²) in [6, 6.07) is 0. The van der Waals surface area contributed by atoms with Crippen LogP contribution in [0.2, 0.25) is 0 Å². The topological polar surface area (TPSA) is 66.5 Å². The van der Waals surface area contributed by atoms with Crippen LogP contribution >= 0.6 is 20.0 Å². The van der Waals surface area contributed by atoms with Crippen molar-refractivity contribution in [1.82, 2.24) is 0 Å². The summed E-state index contributed by atoms with van der Waals surface area (Å²) in [5.41, 5.74) is 5.20. The Morgan fingerprint density at radius 3 is 2.75 bits per heavy atom. The molecule has 0 saturated heterocycles. The molecule has 1 unspecified atom stereocenters. The van der Waals surface area contributed by atoms with E-state index in [0.29, 0.717) is 11.5 Å². The third-order valence-corrected chi connectivity index (χ3v) is 2.84. The van der Waals surface area contributed by atoms with Gasteiger partial charge < -0.3 is 15.5 Å². The predicted molar refractivity (Wildman–Crippen MR) is 50.8 cm³/mol. The molecule has 4 N–H and O–H groups in total. The van der Waals surface area contributed by atoms with Crippen LogP contribution in [0.15, 0.2) is 23.3 Å². The van der Waals surface area contributed by atoms with E-state index in [9.17, 15) is 0 Å². The van der Waals surface area contributed by atoms with Gasteiger partial charge in [0.2, 0.25) is 0 Å². The van der Waals surface area contributed by atoms with E-state index < -0.39 is 13.9 Å². The molecule has 0 aromatic rings. The summed E-state index contributed by atoms with van der Waals surface area (Å²) in [5.74, 6) is 0. The Morgan fingerprint density at radius 1 is 1.67 bits per heavy atom. The lowest BCUT2D eigenvalue weighted by atomic mass is 9.95. The lowest BCUT2D eigenvalue weighted by Crippen LogP contribution is -2.41. The minimum atomic E-state index is -1.93. The zero-order valence-electron chi connectivity index (χ0n) is 6.44. The molecule has 0 fully saturated rings. The highest BCUT2D eigenvalue weighted by Crippen LogP contribution is 2.32. The van der Waals surface area contributed by atoms with Crippen molar-refractivity contribution in [2.75, 3.05) is 6.16 Å². The second kappa shape index (κ2) is 3.86. The van der Waals surface area contributed by atoms with Gasteiger partial charge in [0, 0.05) is 16.7 Å². The number of rotatable bonds is 2. The third kappa shape index (κ3) is 2.85. The average Bonchev–Trinajstić information content (AvgIpc) is 1.94. The molecule has 0 spiro atoms. The lowest BCUT2D eigenvalue weighted by molar-refractivity contribution is 0.459. The molecule has 1 rings (SSSR count). The zero-order chi connectivity index (χ0) is 9.19. The monoisotopic (exact) mass is 207 g/mol. The largest absolute Gasteiger partial charge is 0.350 e. The first-order chi connectivity index (χ1) is 5.52. The number of nitrogens with two attached hydrogens (primary N) is 1. The molecule has 0 bridgehead atoms. The first-order valence-electron chi connectivity index (χ1n) is 3.51. The molecular formula is C7H11ClNO2P. The molecule has 12 heavy (non-hydrogen) atoms. The maximum absolute atomic E-state index is 8.79. The van der Waals surface area contributed by atoms with Gasteiger partial charge in [0.15, 0.2) is 8.38 Å². The fourth-order valence-electron chi connectivity index (χ4n) is 1.05. The molecule has 3 nitrogen and oxygen atoms in total. The van der Waals surface area contributed by atoms with E-state index in [1.54, 1.807) is 18.2 Å². The van der Waals surface area contributed by atoms with Gasteiger partial charge in [0.05, 0.1) is 0 Å². The van der Waals surface area contributed by atoms with Crippen LogP contribution in [0.25, 0.3) is 0 Å². The maximum Gasteiger partial charge on any atom is 0.167 e. The predicted octanol–water partition coefficient (Wildman–Crippen LogP) is 1.06. The Labute approximate surface area is 77.4 Å². The molecule has 0 saturated carbocycles. The van der Waals surface area contributed by atoms with Crippen molar-refractivity contribution in [1.29, 1.82) is 0 Å². The first-order valence-corrected chi connectivity index (χ1v) is 5.32. The minimum Gasteiger partial charge on any atom is -0.350 e. The Hall–Kier alpha value is 0.0800. The molecule has 0 amide bonds. The van der Waals surface area contributed by atoms with E-state index >= 15 is 0 Å². The highest BCUT2D eigenvalue weighted by atomic mass is 35.5. The Morgan fingerprint density at radius 2 is 2.33 bits per heavy atom. The van der Waals surface area contributed by atoms with Gasteiger partial charge in [-0.1, -0.05) is 23.8 Å². The number of allylic oxidation sites excluding steroid dienone is 2. The van der Waals surface area contributed by atoms with Crippen molar-refractivity contribution in [3.8, 4) is 0 Å². The molecule has 0 aromatic carbocycles. The van der Waals surface area contributed by atoms with Crippen LogP contribution in [0.1, 0.15) is 6.42 Å². The molecule has 1 aliphatic carbocycles. The second-order valence-corrected chi connectivity index (χ2v) is 4.39. The van der Waals surface area contributed by atoms with Crippen LogP contribution in [-0.2, 0) is 0 Å². The van der Waals surface area contributed by atoms with E-state index in [-0.39, 0.29) is 6.16 Å². The summed E-state index contributed by atoms with van der Waals surface area (Å²) in [7, 11) is -1.93. The normalized spacial score (nSPS) is 29.2. The van der Waals surface area contributed by atoms with Gasteiger partial charge in [-0.3, -0.25) is 0 Å². The molecule has 0 radical (unpaired) electrons. The van der Waals surface area contributed by atoms with Crippen LogP contribution in [0.4, 0.5) is 0 Å². The summed E-state index contributed by atoms with van der Waals surface area (Å²) >= 11 is 5.68. The Bertz CT molecular complexity index is 229. The van der Waals surface area contributed by atoms with Gasteiger partial charge in [0.25, 0.3) is 0 Å². The Kier molecular flexibility index (Phi) is 3.27. The number of hydrogen-bond donors (Lipinski definition) is 3. The summed E-state index contributed by atoms with van der Waals surface area (Å²) in [6.07, 6.45) is 5.93. The Balaban J connectivity index is 2.59. The van der Waals surface area contributed by atoms with Crippen molar-refractivity contribution < 1.29 is 9.79 Å². The standard InChI is InChI=1S/C7H11ClNO2P/c8-6-1-3-7(9,4-2-6)5-12(10)11/h1-3,10-11H,4-5,9H2. The van der Waals surface area contributed by atoms with Crippen molar-refractivity contribution in [3.05, 3.63) is 23.3 Å². The summed E-state index contributed by atoms with van der Waals surface area (Å²) in [6.45, 7) is 0. The fraction of sp³-hybridized carbons (Fsp3) is 0.429. The lowest BCUT2D eigenvalue weighted by Gasteiger charge is -2.27. The van der Waals surface area contributed by atoms with E-state index in [0.717, 1.165) is 0 Å². The number of hydrogen-bond acceptors (Lipinski definition) is 3. The molecule has 1 atom stereocenters. The van der Waals surface area contributed by atoms with Crippen LogP contribution < -0.4 is 5.73 Å². The SMILES string of the molecule is NC1(CP(O)O)C=CC(Cl)=CC1. The highest BCUT2D eigenvalue weighted by molar-refractivity contribution is 7.45. The van der Waals surface area contributed by atoms with Crippen LogP contribution in [0.5, 0.6) is 0 Å². The van der Waals surface area contributed by atoms with Crippen LogP contribution in [-0.4, -0.2) is 21.5 Å². The minimum absolute atomic E-state index is 0.194. The summed E-state index contributed by atoms with van der Waals surface area (Å²) < 4.78 is 0. The van der Waals surface area contributed by atoms with E-state index in [1.165, 1.54) is 0 Å². The van der Waals surface area contributed by atoms with E-state index in [4.69, 9.17) is 27.1 Å². The van der Waals surface area contributed by atoms with E-state index in [1.807, 2.05) is 0 Å². The van der Waals surface area contributed by atoms with Crippen molar-refractivity contribution in [2.24, 2.45) is 5.73 Å². The molecule has 68 valence electrons. The molecule has 5 heteroatoms. The number of halogens is 1. The van der Waals surface area contributed by atoms with Gasteiger partial charge in [-0.2, -0.15) is 0 Å². The van der Waals surface area contributed by atoms with Crippen molar-refractivity contribution in [2.45, 2.75) is 12.0 Å². The van der Waals surface area contributed by atoms with E-state index in [2.05, 4.69) is 0 Å². The van der Waals surface area contributed by atoms with Crippen molar-refractivity contribution >= 4 is 20.0 Å². The smallest absolute Gasteiger partial charge is 0.167 e. The van der Waals surface area contributed by atoms with Gasteiger partial charge in [0.1, 0.15) is 0 Å². The molecule has 1 aliphatic rings. The summed E-state index contributed by atoms with van der Waals surface area (Å²) in [4.78, 5) is 17.6. The van der Waals surface area contributed by atoms with Crippen molar-refractivity contribution in [3.63, 3.8) is 0 Å². The third-order valence-electron chi connectivity index (χ3n) is 1.69. The highest BCUT2D eigenvalue weighted by Gasteiger charge is 2.25. The first kappa shape index (κ1) is 10.2. The molecule has 0 aliphatic heterocycles. The fourth-order valence-corrected chi connectivity index (χ4v) is 1.95. The second-order valence-electron chi connectivity index (χ2n) is 2.89. The van der Waals surface area contributed by atoms with Gasteiger partial charge >= 0.3 is 0 Å².